The van der Waals surface area contributed by atoms with Crippen molar-refractivity contribution in [1.29, 1.82) is 0 Å². The first-order valence-corrected chi connectivity index (χ1v) is 6.40. The Morgan fingerprint density at radius 1 is 1.16 bits per heavy atom. The van der Waals surface area contributed by atoms with Crippen molar-refractivity contribution in [3.8, 4) is 0 Å². The minimum atomic E-state index is -0.320. The lowest BCUT2D eigenvalue weighted by molar-refractivity contribution is 0.0976. The average Bonchev–Trinajstić information content (AvgIpc) is 2.40. The summed E-state index contributed by atoms with van der Waals surface area (Å²) in [5.41, 5.74) is 0.570. The molecule has 19 heavy (non-hydrogen) atoms. The standard InChI is InChI=1S/C16H20FNO/c1-3-11-18(12-4-2)13-5-6-16(19)14-7-9-15(17)10-8-14/h3-4,7-10H,1-2,5-6,11-13H2. The smallest absolute Gasteiger partial charge is 0.162 e. The Morgan fingerprint density at radius 3 is 2.26 bits per heavy atom. The SMILES string of the molecule is C=CCN(CC=C)CCCC(=O)c1ccc(F)cc1. The molecule has 0 saturated carbocycles. The van der Waals surface area contributed by atoms with Gasteiger partial charge in [-0.2, -0.15) is 0 Å². The van der Waals surface area contributed by atoms with E-state index in [1.807, 2.05) is 12.2 Å². The molecular formula is C16H20FNO. The van der Waals surface area contributed by atoms with Crippen molar-refractivity contribution in [2.75, 3.05) is 19.6 Å². The van der Waals surface area contributed by atoms with Gasteiger partial charge in [0.15, 0.2) is 5.78 Å². The normalized spacial score (nSPS) is 10.4. The Balaban J connectivity index is 2.39. The number of carbonyl (C=O) groups excluding carboxylic acids is 1. The van der Waals surface area contributed by atoms with Crippen molar-refractivity contribution in [2.45, 2.75) is 12.8 Å². The number of rotatable bonds is 9. The van der Waals surface area contributed by atoms with Crippen LogP contribution in [0.2, 0.25) is 0 Å². The first-order valence-electron chi connectivity index (χ1n) is 6.40. The molecule has 0 aliphatic heterocycles. The summed E-state index contributed by atoms with van der Waals surface area (Å²) >= 11 is 0. The summed E-state index contributed by atoms with van der Waals surface area (Å²) in [7, 11) is 0. The number of nitrogens with zero attached hydrogens (tertiary/aromatic N) is 1. The third-order valence-electron chi connectivity index (χ3n) is 2.82. The van der Waals surface area contributed by atoms with Crippen LogP contribution in [-0.4, -0.2) is 30.3 Å². The number of Topliss-reactive ketones (excluding diaryl/α,β-unsaturated/α-hetero) is 1. The molecule has 0 saturated heterocycles. The summed E-state index contributed by atoms with van der Waals surface area (Å²) in [6.45, 7) is 9.81. The van der Waals surface area contributed by atoms with E-state index in [1.54, 1.807) is 0 Å². The highest BCUT2D eigenvalue weighted by Crippen LogP contribution is 2.08. The second-order valence-electron chi connectivity index (χ2n) is 4.37. The van der Waals surface area contributed by atoms with Crippen molar-refractivity contribution in [3.63, 3.8) is 0 Å². The molecule has 0 radical (unpaired) electrons. The topological polar surface area (TPSA) is 20.3 Å². The van der Waals surface area contributed by atoms with Gasteiger partial charge in [-0.15, -0.1) is 13.2 Å². The van der Waals surface area contributed by atoms with Gasteiger partial charge in [-0.1, -0.05) is 12.2 Å². The molecule has 0 N–H and O–H groups in total. The third-order valence-corrected chi connectivity index (χ3v) is 2.82. The van der Waals surface area contributed by atoms with Gasteiger partial charge >= 0.3 is 0 Å². The Kier molecular flexibility index (Phi) is 6.75. The monoisotopic (exact) mass is 261 g/mol. The van der Waals surface area contributed by atoms with Gasteiger partial charge in [0, 0.05) is 25.1 Å². The van der Waals surface area contributed by atoms with Gasteiger partial charge in [-0.3, -0.25) is 9.69 Å². The first kappa shape index (κ1) is 15.3. The van der Waals surface area contributed by atoms with Crippen molar-refractivity contribution >= 4 is 5.78 Å². The molecule has 0 atom stereocenters. The number of carbonyl (C=O) groups is 1. The van der Waals surface area contributed by atoms with Crippen LogP contribution < -0.4 is 0 Å². The Hall–Kier alpha value is -1.74. The number of hydrogen-bond donors (Lipinski definition) is 0. The van der Waals surface area contributed by atoms with Crippen LogP contribution in [0, 0.1) is 5.82 Å². The quantitative estimate of drug-likeness (QED) is 0.501. The molecule has 102 valence electrons. The van der Waals surface area contributed by atoms with Gasteiger partial charge in [0.1, 0.15) is 5.82 Å². The van der Waals surface area contributed by atoms with Crippen molar-refractivity contribution in [2.24, 2.45) is 0 Å². The van der Waals surface area contributed by atoms with Crippen LogP contribution in [-0.2, 0) is 0 Å². The van der Waals surface area contributed by atoms with E-state index < -0.39 is 0 Å². The molecule has 0 heterocycles. The molecule has 1 aromatic carbocycles. The van der Waals surface area contributed by atoms with Gasteiger partial charge in [0.05, 0.1) is 0 Å². The van der Waals surface area contributed by atoms with Gasteiger partial charge in [0.25, 0.3) is 0 Å². The summed E-state index contributed by atoms with van der Waals surface area (Å²) < 4.78 is 12.7. The van der Waals surface area contributed by atoms with Gasteiger partial charge < -0.3 is 0 Å². The molecule has 0 bridgehead atoms. The molecule has 0 aliphatic rings. The highest BCUT2D eigenvalue weighted by molar-refractivity contribution is 5.95. The summed E-state index contributed by atoms with van der Waals surface area (Å²) in [5, 5.41) is 0. The number of halogens is 1. The zero-order valence-electron chi connectivity index (χ0n) is 11.1. The molecule has 0 aliphatic carbocycles. The molecule has 0 aromatic heterocycles. The van der Waals surface area contributed by atoms with Gasteiger partial charge in [-0.25, -0.2) is 4.39 Å². The van der Waals surface area contributed by atoms with E-state index in [-0.39, 0.29) is 11.6 Å². The van der Waals surface area contributed by atoms with Crippen LogP contribution in [0.15, 0.2) is 49.6 Å². The van der Waals surface area contributed by atoms with E-state index in [4.69, 9.17) is 0 Å². The zero-order chi connectivity index (χ0) is 14.1. The molecule has 1 aromatic rings. The molecule has 0 spiro atoms. The lowest BCUT2D eigenvalue weighted by Crippen LogP contribution is -2.25. The predicted molar refractivity (Wildman–Crippen MR) is 76.8 cm³/mol. The maximum atomic E-state index is 12.7. The molecule has 0 unspecified atom stereocenters. The number of benzene rings is 1. The van der Waals surface area contributed by atoms with E-state index >= 15 is 0 Å². The van der Waals surface area contributed by atoms with E-state index in [0.717, 1.165) is 26.1 Å². The minimum absolute atomic E-state index is 0.0529. The van der Waals surface area contributed by atoms with E-state index in [9.17, 15) is 9.18 Å². The summed E-state index contributed by atoms with van der Waals surface area (Å²) in [5.74, 6) is -0.267. The van der Waals surface area contributed by atoms with Crippen LogP contribution >= 0.6 is 0 Å². The van der Waals surface area contributed by atoms with E-state index in [0.29, 0.717) is 12.0 Å². The zero-order valence-corrected chi connectivity index (χ0v) is 11.1. The molecular weight excluding hydrogens is 241 g/mol. The second kappa shape index (κ2) is 8.38. The lowest BCUT2D eigenvalue weighted by Gasteiger charge is -2.18. The van der Waals surface area contributed by atoms with Crippen LogP contribution in [0.1, 0.15) is 23.2 Å². The highest BCUT2D eigenvalue weighted by atomic mass is 19.1. The van der Waals surface area contributed by atoms with Crippen LogP contribution in [0.25, 0.3) is 0 Å². The Labute approximate surface area is 114 Å². The Bertz CT molecular complexity index is 415. The molecule has 2 nitrogen and oxygen atoms in total. The number of ketones is 1. The fraction of sp³-hybridized carbons (Fsp3) is 0.312. The van der Waals surface area contributed by atoms with Gasteiger partial charge in [0.2, 0.25) is 0 Å². The maximum absolute atomic E-state index is 12.7. The second-order valence-corrected chi connectivity index (χ2v) is 4.37. The predicted octanol–water partition coefficient (Wildman–Crippen LogP) is 3.46. The Morgan fingerprint density at radius 2 is 1.74 bits per heavy atom. The lowest BCUT2D eigenvalue weighted by atomic mass is 10.1. The maximum Gasteiger partial charge on any atom is 0.162 e. The fourth-order valence-corrected chi connectivity index (χ4v) is 1.87. The van der Waals surface area contributed by atoms with Crippen molar-refractivity contribution < 1.29 is 9.18 Å². The molecule has 0 fully saturated rings. The molecule has 0 amide bonds. The molecule has 1 rings (SSSR count). The largest absolute Gasteiger partial charge is 0.296 e. The van der Waals surface area contributed by atoms with E-state index in [1.165, 1.54) is 24.3 Å². The first-order chi connectivity index (χ1) is 9.17. The third kappa shape index (κ3) is 5.62. The summed E-state index contributed by atoms with van der Waals surface area (Å²) in [6.07, 6.45) is 4.92. The van der Waals surface area contributed by atoms with Crippen LogP contribution in [0.5, 0.6) is 0 Å². The fourth-order valence-electron chi connectivity index (χ4n) is 1.87. The summed E-state index contributed by atoms with van der Waals surface area (Å²) in [6, 6.07) is 5.69. The van der Waals surface area contributed by atoms with Crippen LogP contribution in [0.4, 0.5) is 4.39 Å². The van der Waals surface area contributed by atoms with Crippen LogP contribution in [0.3, 0.4) is 0 Å². The average molecular weight is 261 g/mol. The highest BCUT2D eigenvalue weighted by Gasteiger charge is 2.07. The van der Waals surface area contributed by atoms with Gasteiger partial charge in [-0.05, 0) is 37.2 Å². The van der Waals surface area contributed by atoms with Crippen molar-refractivity contribution in [1.82, 2.24) is 4.90 Å². The van der Waals surface area contributed by atoms with E-state index in [2.05, 4.69) is 18.1 Å². The number of hydrogen-bond acceptors (Lipinski definition) is 2. The van der Waals surface area contributed by atoms with Crippen molar-refractivity contribution in [3.05, 3.63) is 61.0 Å². The minimum Gasteiger partial charge on any atom is -0.296 e. The molecule has 3 heteroatoms. The summed E-state index contributed by atoms with van der Waals surface area (Å²) in [4.78, 5) is 14.0.